The molecule has 1 aromatic rings. The summed E-state index contributed by atoms with van der Waals surface area (Å²) in [4.78, 5) is 9.71. The van der Waals surface area contributed by atoms with Crippen molar-refractivity contribution in [2.24, 2.45) is 5.73 Å². The molecule has 0 saturated heterocycles. The molecule has 0 saturated carbocycles. The summed E-state index contributed by atoms with van der Waals surface area (Å²) in [7, 11) is 6.27. The van der Waals surface area contributed by atoms with Gasteiger partial charge in [-0.2, -0.15) is 0 Å². The summed E-state index contributed by atoms with van der Waals surface area (Å²) in [6.45, 7) is 2.03. The summed E-state index contributed by atoms with van der Waals surface area (Å²) in [6.07, 6.45) is 5.74. The molecule has 5 heteroatoms. The van der Waals surface area contributed by atoms with Crippen molar-refractivity contribution in [3.8, 4) is 0 Å². The largest absolute Gasteiger partial charge is 0.389 e. The first-order valence-electron chi connectivity index (χ1n) is 7.67. The summed E-state index contributed by atoms with van der Waals surface area (Å²) in [5.74, 6) is 0.946. The molecule has 0 aromatic carbocycles. The second kappa shape index (κ2) is 7.18. The molecule has 116 valence electrons. The van der Waals surface area contributed by atoms with E-state index in [1.165, 1.54) is 24.1 Å². The Morgan fingerprint density at radius 1 is 1.24 bits per heavy atom. The van der Waals surface area contributed by atoms with Gasteiger partial charge in [0.05, 0.1) is 5.56 Å². The van der Waals surface area contributed by atoms with E-state index >= 15 is 0 Å². The van der Waals surface area contributed by atoms with E-state index in [0.717, 1.165) is 43.7 Å². The third kappa shape index (κ3) is 4.14. The smallest absolute Gasteiger partial charge is 0.138 e. The highest BCUT2D eigenvalue weighted by Gasteiger charge is 2.18. The van der Waals surface area contributed by atoms with Crippen molar-refractivity contribution in [2.75, 3.05) is 39.1 Å². The van der Waals surface area contributed by atoms with Crippen LogP contribution in [0.3, 0.4) is 0 Å². The van der Waals surface area contributed by atoms with E-state index < -0.39 is 0 Å². The average molecular weight is 306 g/mol. The van der Waals surface area contributed by atoms with Crippen molar-refractivity contribution >= 4 is 23.0 Å². The van der Waals surface area contributed by atoms with Crippen LogP contribution in [-0.2, 0) is 12.8 Å². The maximum absolute atomic E-state index is 5.92. The van der Waals surface area contributed by atoms with Crippen LogP contribution in [0, 0.1) is 0 Å². The summed E-state index contributed by atoms with van der Waals surface area (Å²) < 4.78 is 0. The summed E-state index contributed by atoms with van der Waals surface area (Å²) in [5.41, 5.74) is 9.41. The van der Waals surface area contributed by atoms with E-state index in [9.17, 15) is 0 Å². The van der Waals surface area contributed by atoms with E-state index in [0.29, 0.717) is 4.99 Å². The molecule has 0 atom stereocenters. The van der Waals surface area contributed by atoms with Gasteiger partial charge in [-0.05, 0) is 64.4 Å². The number of anilines is 1. The topological polar surface area (TPSA) is 45.4 Å². The minimum absolute atomic E-state index is 0.449. The van der Waals surface area contributed by atoms with Gasteiger partial charge in [-0.25, -0.2) is 4.98 Å². The van der Waals surface area contributed by atoms with Crippen LogP contribution in [0.2, 0.25) is 0 Å². The fraction of sp³-hybridized carbons (Fsp3) is 0.625. The van der Waals surface area contributed by atoms with Gasteiger partial charge in [-0.1, -0.05) is 12.2 Å². The van der Waals surface area contributed by atoms with Gasteiger partial charge in [0, 0.05) is 19.3 Å². The standard InChI is InChI=1S/C16H26N4S/c1-19(2)9-6-10-20(3)16-13(15(17)21)11-12-7-4-5-8-14(12)18-16/h11H,4-10H2,1-3H3,(H2,17,21). The summed E-state index contributed by atoms with van der Waals surface area (Å²) in [5, 5.41) is 0. The van der Waals surface area contributed by atoms with Crippen molar-refractivity contribution in [3.05, 3.63) is 22.9 Å². The molecular weight excluding hydrogens is 280 g/mol. The van der Waals surface area contributed by atoms with Crippen LogP contribution in [0.25, 0.3) is 0 Å². The zero-order valence-electron chi connectivity index (χ0n) is 13.4. The molecule has 1 heterocycles. The average Bonchev–Trinajstić information content (AvgIpc) is 2.45. The number of nitrogens with zero attached hydrogens (tertiary/aromatic N) is 3. The van der Waals surface area contributed by atoms with Crippen molar-refractivity contribution in [1.29, 1.82) is 0 Å². The van der Waals surface area contributed by atoms with Gasteiger partial charge in [0.1, 0.15) is 10.8 Å². The fourth-order valence-electron chi connectivity index (χ4n) is 2.83. The second-order valence-corrected chi connectivity index (χ2v) is 6.55. The van der Waals surface area contributed by atoms with E-state index in [1.54, 1.807) is 0 Å². The molecular formula is C16H26N4S. The molecule has 0 bridgehead atoms. The molecule has 1 aromatic heterocycles. The van der Waals surface area contributed by atoms with Crippen molar-refractivity contribution in [3.63, 3.8) is 0 Å². The Bertz CT molecular complexity index is 513. The number of hydrogen-bond acceptors (Lipinski definition) is 4. The minimum Gasteiger partial charge on any atom is -0.389 e. The van der Waals surface area contributed by atoms with Crippen LogP contribution >= 0.6 is 12.2 Å². The number of thiocarbonyl (C=S) groups is 1. The van der Waals surface area contributed by atoms with E-state index in [2.05, 4.69) is 37.0 Å². The van der Waals surface area contributed by atoms with E-state index in [-0.39, 0.29) is 0 Å². The quantitative estimate of drug-likeness (QED) is 0.814. The number of rotatable bonds is 6. The number of pyridine rings is 1. The molecule has 1 aliphatic rings. The van der Waals surface area contributed by atoms with Crippen molar-refractivity contribution in [1.82, 2.24) is 9.88 Å². The molecule has 2 rings (SSSR count). The Morgan fingerprint density at radius 3 is 2.62 bits per heavy atom. The molecule has 4 nitrogen and oxygen atoms in total. The number of hydrogen-bond donors (Lipinski definition) is 1. The normalized spacial score (nSPS) is 14.1. The molecule has 21 heavy (non-hydrogen) atoms. The van der Waals surface area contributed by atoms with E-state index in [4.69, 9.17) is 22.9 Å². The maximum Gasteiger partial charge on any atom is 0.138 e. The lowest BCUT2D eigenvalue weighted by Gasteiger charge is -2.25. The molecule has 1 aliphatic carbocycles. The highest BCUT2D eigenvalue weighted by molar-refractivity contribution is 7.80. The zero-order valence-corrected chi connectivity index (χ0v) is 14.2. The van der Waals surface area contributed by atoms with Gasteiger partial charge in [0.25, 0.3) is 0 Å². The lowest BCUT2D eigenvalue weighted by Crippen LogP contribution is -2.27. The summed E-state index contributed by atoms with van der Waals surface area (Å²) in [6, 6.07) is 2.17. The monoisotopic (exact) mass is 306 g/mol. The first-order valence-corrected chi connectivity index (χ1v) is 8.08. The SMILES string of the molecule is CN(C)CCCN(C)c1nc2c(cc1C(N)=S)CCCC2. The van der Waals surface area contributed by atoms with Crippen LogP contribution in [0.5, 0.6) is 0 Å². The van der Waals surface area contributed by atoms with Gasteiger partial charge < -0.3 is 15.5 Å². The summed E-state index contributed by atoms with van der Waals surface area (Å²) >= 11 is 5.23. The molecule has 0 amide bonds. The molecule has 0 aliphatic heterocycles. The van der Waals surface area contributed by atoms with Crippen molar-refractivity contribution in [2.45, 2.75) is 32.1 Å². The van der Waals surface area contributed by atoms with Crippen LogP contribution in [0.15, 0.2) is 6.07 Å². The Morgan fingerprint density at radius 2 is 1.95 bits per heavy atom. The number of aryl methyl sites for hydroxylation is 2. The Kier molecular flexibility index (Phi) is 5.53. The first kappa shape index (κ1) is 16.2. The van der Waals surface area contributed by atoms with E-state index in [1.807, 2.05) is 0 Å². The van der Waals surface area contributed by atoms with Gasteiger partial charge in [0.2, 0.25) is 0 Å². The highest BCUT2D eigenvalue weighted by Crippen LogP contribution is 2.26. The third-order valence-electron chi connectivity index (χ3n) is 4.01. The van der Waals surface area contributed by atoms with Gasteiger partial charge in [-0.15, -0.1) is 0 Å². The Hall–Kier alpha value is -1.20. The lowest BCUT2D eigenvalue weighted by atomic mass is 9.94. The number of aromatic nitrogens is 1. The predicted octanol–water partition coefficient (Wildman–Crippen LogP) is 1.98. The minimum atomic E-state index is 0.449. The second-order valence-electron chi connectivity index (χ2n) is 6.12. The molecule has 0 fully saturated rings. The van der Waals surface area contributed by atoms with Crippen LogP contribution < -0.4 is 10.6 Å². The molecule has 0 spiro atoms. The lowest BCUT2D eigenvalue weighted by molar-refractivity contribution is 0.401. The van der Waals surface area contributed by atoms with Gasteiger partial charge >= 0.3 is 0 Å². The zero-order chi connectivity index (χ0) is 15.4. The number of nitrogens with two attached hydrogens (primary N) is 1. The van der Waals surface area contributed by atoms with Crippen molar-refractivity contribution < 1.29 is 0 Å². The molecule has 2 N–H and O–H groups in total. The number of fused-ring (bicyclic) bond motifs is 1. The maximum atomic E-state index is 5.92. The first-order chi connectivity index (χ1) is 9.99. The molecule has 0 radical (unpaired) electrons. The predicted molar refractivity (Wildman–Crippen MR) is 93.2 cm³/mol. The Balaban J connectivity index is 2.21. The van der Waals surface area contributed by atoms with Crippen LogP contribution in [-0.4, -0.2) is 49.1 Å². The van der Waals surface area contributed by atoms with Crippen LogP contribution in [0.4, 0.5) is 5.82 Å². The fourth-order valence-corrected chi connectivity index (χ4v) is 2.98. The molecule has 0 unspecified atom stereocenters. The van der Waals surface area contributed by atoms with Crippen LogP contribution in [0.1, 0.15) is 36.1 Å². The third-order valence-corrected chi connectivity index (χ3v) is 4.23. The highest BCUT2D eigenvalue weighted by atomic mass is 32.1. The van der Waals surface area contributed by atoms with Gasteiger partial charge in [0.15, 0.2) is 0 Å². The Labute approximate surface area is 133 Å². The van der Waals surface area contributed by atoms with Gasteiger partial charge in [-0.3, -0.25) is 0 Å².